The van der Waals surface area contributed by atoms with Gasteiger partial charge in [-0.15, -0.1) is 0 Å². The SMILES string of the molecule is CN1CCC(CNCC(O)COc2ccccc2Cl)CC1. The molecule has 0 bridgehead atoms. The fourth-order valence-corrected chi connectivity index (χ4v) is 2.72. The van der Waals surface area contributed by atoms with Gasteiger partial charge in [0.05, 0.1) is 5.02 Å². The average Bonchev–Trinajstić information content (AvgIpc) is 2.48. The molecule has 1 aliphatic rings. The lowest BCUT2D eigenvalue weighted by molar-refractivity contribution is 0.104. The van der Waals surface area contributed by atoms with E-state index in [1.54, 1.807) is 12.1 Å². The summed E-state index contributed by atoms with van der Waals surface area (Å²) in [5.74, 6) is 1.34. The highest BCUT2D eigenvalue weighted by Crippen LogP contribution is 2.23. The number of benzene rings is 1. The number of aliphatic hydroxyl groups excluding tert-OH is 1. The van der Waals surface area contributed by atoms with E-state index >= 15 is 0 Å². The molecule has 0 saturated carbocycles. The van der Waals surface area contributed by atoms with Gasteiger partial charge in [-0.2, -0.15) is 0 Å². The molecule has 1 atom stereocenters. The van der Waals surface area contributed by atoms with E-state index in [-0.39, 0.29) is 6.61 Å². The number of para-hydroxylation sites is 1. The van der Waals surface area contributed by atoms with Gasteiger partial charge in [0.2, 0.25) is 0 Å². The Kier molecular flexibility index (Phi) is 6.77. The molecule has 1 aromatic rings. The molecule has 1 fully saturated rings. The molecule has 1 saturated heterocycles. The average molecular weight is 313 g/mol. The van der Waals surface area contributed by atoms with Gasteiger partial charge in [-0.25, -0.2) is 0 Å². The first-order valence-electron chi connectivity index (χ1n) is 7.60. The Labute approximate surface area is 132 Å². The number of rotatable bonds is 7. The highest BCUT2D eigenvalue weighted by atomic mass is 35.5. The number of likely N-dealkylation sites (tertiary alicyclic amines) is 1. The van der Waals surface area contributed by atoms with Crippen molar-refractivity contribution in [1.29, 1.82) is 0 Å². The quantitative estimate of drug-likeness (QED) is 0.808. The first-order valence-corrected chi connectivity index (χ1v) is 7.97. The van der Waals surface area contributed by atoms with Crippen LogP contribution in [0.2, 0.25) is 5.02 Å². The van der Waals surface area contributed by atoms with Crippen LogP contribution in [0.5, 0.6) is 5.75 Å². The van der Waals surface area contributed by atoms with Gasteiger partial charge in [0.25, 0.3) is 0 Å². The molecule has 0 radical (unpaired) electrons. The number of nitrogens with one attached hydrogen (secondary N) is 1. The molecule has 1 heterocycles. The Morgan fingerprint density at radius 3 is 2.81 bits per heavy atom. The fraction of sp³-hybridized carbons (Fsp3) is 0.625. The third kappa shape index (κ3) is 5.83. The van der Waals surface area contributed by atoms with Gasteiger partial charge in [0, 0.05) is 6.54 Å². The van der Waals surface area contributed by atoms with Crippen molar-refractivity contribution >= 4 is 11.6 Å². The number of nitrogens with zero attached hydrogens (tertiary/aromatic N) is 1. The lowest BCUT2D eigenvalue weighted by Crippen LogP contribution is -2.38. The first kappa shape index (κ1) is 16.6. The Morgan fingerprint density at radius 2 is 2.10 bits per heavy atom. The molecule has 0 aromatic heterocycles. The second-order valence-electron chi connectivity index (χ2n) is 5.80. The summed E-state index contributed by atoms with van der Waals surface area (Å²) in [5.41, 5.74) is 0. The maximum atomic E-state index is 9.93. The zero-order valence-corrected chi connectivity index (χ0v) is 13.4. The van der Waals surface area contributed by atoms with E-state index in [0.717, 1.165) is 12.5 Å². The smallest absolute Gasteiger partial charge is 0.138 e. The van der Waals surface area contributed by atoms with Crippen LogP contribution in [0.15, 0.2) is 24.3 Å². The number of piperidine rings is 1. The molecule has 0 spiro atoms. The number of aliphatic hydroxyl groups is 1. The van der Waals surface area contributed by atoms with E-state index in [1.807, 2.05) is 12.1 Å². The summed E-state index contributed by atoms with van der Waals surface area (Å²) in [6.45, 7) is 4.12. The van der Waals surface area contributed by atoms with Crippen LogP contribution < -0.4 is 10.1 Å². The molecule has 2 rings (SSSR count). The summed E-state index contributed by atoms with van der Waals surface area (Å²) in [5, 5.41) is 13.8. The standard InChI is InChI=1S/C16H25ClN2O2/c1-19-8-6-13(7-9-19)10-18-11-14(20)12-21-16-5-3-2-4-15(16)17/h2-5,13-14,18,20H,6-12H2,1H3. The van der Waals surface area contributed by atoms with Crippen molar-refractivity contribution in [2.24, 2.45) is 5.92 Å². The summed E-state index contributed by atoms with van der Waals surface area (Å²) in [6.07, 6.45) is 1.94. The zero-order valence-electron chi connectivity index (χ0n) is 12.6. The highest BCUT2D eigenvalue weighted by Gasteiger charge is 2.16. The van der Waals surface area contributed by atoms with Gasteiger partial charge in [-0.05, 0) is 57.6 Å². The molecule has 1 aliphatic heterocycles. The zero-order chi connectivity index (χ0) is 15.1. The second-order valence-corrected chi connectivity index (χ2v) is 6.21. The fourth-order valence-electron chi connectivity index (χ4n) is 2.53. The van der Waals surface area contributed by atoms with Gasteiger partial charge >= 0.3 is 0 Å². The van der Waals surface area contributed by atoms with E-state index in [0.29, 0.717) is 17.3 Å². The molecule has 5 heteroatoms. The van der Waals surface area contributed by atoms with Gasteiger partial charge in [-0.3, -0.25) is 0 Å². The van der Waals surface area contributed by atoms with Crippen LogP contribution in [0.4, 0.5) is 0 Å². The van der Waals surface area contributed by atoms with Crippen molar-refractivity contribution in [2.45, 2.75) is 18.9 Å². The van der Waals surface area contributed by atoms with Crippen LogP contribution in [0.25, 0.3) is 0 Å². The summed E-state index contributed by atoms with van der Waals surface area (Å²) in [6, 6.07) is 7.31. The minimum absolute atomic E-state index is 0.254. The second kappa shape index (κ2) is 8.59. The topological polar surface area (TPSA) is 44.7 Å². The summed E-state index contributed by atoms with van der Waals surface area (Å²) >= 11 is 6.00. The highest BCUT2D eigenvalue weighted by molar-refractivity contribution is 6.32. The van der Waals surface area contributed by atoms with Crippen LogP contribution in [-0.2, 0) is 0 Å². The molecule has 0 aliphatic carbocycles. The minimum Gasteiger partial charge on any atom is -0.489 e. The molecule has 1 unspecified atom stereocenters. The third-order valence-electron chi connectivity index (χ3n) is 3.92. The molecular formula is C16H25ClN2O2. The predicted molar refractivity (Wildman–Crippen MR) is 86.0 cm³/mol. The molecule has 1 aromatic carbocycles. The van der Waals surface area contributed by atoms with Crippen molar-refractivity contribution in [3.05, 3.63) is 29.3 Å². The van der Waals surface area contributed by atoms with Crippen LogP contribution in [0, 0.1) is 5.92 Å². The maximum absolute atomic E-state index is 9.93. The lowest BCUT2D eigenvalue weighted by atomic mass is 9.97. The largest absolute Gasteiger partial charge is 0.489 e. The molecule has 0 amide bonds. The van der Waals surface area contributed by atoms with Crippen LogP contribution in [-0.4, -0.2) is 55.9 Å². The van der Waals surface area contributed by atoms with Crippen molar-refractivity contribution in [2.75, 3.05) is 39.8 Å². The van der Waals surface area contributed by atoms with Gasteiger partial charge in [0.1, 0.15) is 18.5 Å². The van der Waals surface area contributed by atoms with E-state index in [9.17, 15) is 5.11 Å². The van der Waals surface area contributed by atoms with Crippen LogP contribution in [0.3, 0.4) is 0 Å². The van der Waals surface area contributed by atoms with E-state index in [2.05, 4.69) is 17.3 Å². The van der Waals surface area contributed by atoms with Gasteiger partial charge in [0.15, 0.2) is 0 Å². The maximum Gasteiger partial charge on any atom is 0.138 e. The van der Waals surface area contributed by atoms with Crippen molar-refractivity contribution in [1.82, 2.24) is 10.2 Å². The lowest BCUT2D eigenvalue weighted by Gasteiger charge is -2.29. The molecule has 118 valence electrons. The molecule has 4 nitrogen and oxygen atoms in total. The Morgan fingerprint density at radius 1 is 1.38 bits per heavy atom. The monoisotopic (exact) mass is 312 g/mol. The normalized spacial score (nSPS) is 18.6. The minimum atomic E-state index is -0.521. The predicted octanol–water partition coefficient (Wildman–Crippen LogP) is 2.01. The van der Waals surface area contributed by atoms with Gasteiger partial charge in [-0.1, -0.05) is 23.7 Å². The van der Waals surface area contributed by atoms with E-state index < -0.39 is 6.10 Å². The van der Waals surface area contributed by atoms with Gasteiger partial charge < -0.3 is 20.1 Å². The van der Waals surface area contributed by atoms with Crippen molar-refractivity contribution in [3.63, 3.8) is 0 Å². The van der Waals surface area contributed by atoms with E-state index in [4.69, 9.17) is 16.3 Å². The number of hydrogen-bond donors (Lipinski definition) is 2. The number of hydrogen-bond acceptors (Lipinski definition) is 4. The van der Waals surface area contributed by atoms with Crippen molar-refractivity contribution < 1.29 is 9.84 Å². The van der Waals surface area contributed by atoms with Crippen LogP contribution in [0.1, 0.15) is 12.8 Å². The molecule has 2 N–H and O–H groups in total. The number of ether oxygens (including phenoxy) is 1. The number of halogens is 1. The summed E-state index contributed by atoms with van der Waals surface area (Å²) < 4.78 is 5.53. The third-order valence-corrected chi connectivity index (χ3v) is 4.23. The van der Waals surface area contributed by atoms with E-state index in [1.165, 1.54) is 25.9 Å². The molecular weight excluding hydrogens is 288 g/mol. The van der Waals surface area contributed by atoms with Crippen molar-refractivity contribution in [3.8, 4) is 5.75 Å². The Bertz CT molecular complexity index is 422. The first-order chi connectivity index (χ1) is 10.1. The van der Waals surface area contributed by atoms with Crippen LogP contribution >= 0.6 is 11.6 Å². The molecule has 21 heavy (non-hydrogen) atoms. The Balaban J connectivity index is 1.59. The summed E-state index contributed by atoms with van der Waals surface area (Å²) in [7, 11) is 2.17. The Hall–Kier alpha value is -0.810. The summed E-state index contributed by atoms with van der Waals surface area (Å²) in [4.78, 5) is 2.36.